The van der Waals surface area contributed by atoms with Gasteiger partial charge in [0.25, 0.3) is 0 Å². The Morgan fingerprint density at radius 1 is 0.774 bits per heavy atom. The lowest BCUT2D eigenvalue weighted by Gasteiger charge is -2.29. The third-order valence-corrected chi connectivity index (χ3v) is 6.72. The van der Waals surface area contributed by atoms with Crippen LogP contribution in [-0.2, 0) is 0 Å². The number of phenols is 1. The number of hydrogen-bond acceptors (Lipinski definition) is 2. The molecule has 158 valence electrons. The van der Waals surface area contributed by atoms with E-state index < -0.39 is 6.36 Å². The van der Waals surface area contributed by atoms with Crippen LogP contribution in [0.1, 0.15) is 32.6 Å². The van der Waals surface area contributed by atoms with Crippen molar-refractivity contribution in [3.63, 3.8) is 0 Å². The van der Waals surface area contributed by atoms with Crippen LogP contribution in [0.5, 0.6) is 11.5 Å². The predicted molar refractivity (Wildman–Crippen MR) is 125 cm³/mol. The van der Waals surface area contributed by atoms with Crippen LogP contribution in [0, 0.1) is 11.8 Å². The zero-order chi connectivity index (χ0) is 21.4. The number of hydrogen-bond donors (Lipinski definition) is 1. The van der Waals surface area contributed by atoms with E-state index in [4.69, 9.17) is 4.74 Å². The van der Waals surface area contributed by atoms with Crippen LogP contribution in [0.3, 0.4) is 0 Å². The second-order valence-electron chi connectivity index (χ2n) is 8.83. The van der Waals surface area contributed by atoms with Gasteiger partial charge in [0, 0.05) is 17.0 Å². The summed E-state index contributed by atoms with van der Waals surface area (Å²) in [7, 11) is 0. The molecule has 31 heavy (non-hydrogen) atoms. The molecule has 2 nitrogen and oxygen atoms in total. The smallest absolute Gasteiger partial charge is 0.241 e. The van der Waals surface area contributed by atoms with Gasteiger partial charge in [-0.05, 0) is 52.4 Å². The maximum absolute atomic E-state index is 15.3. The summed E-state index contributed by atoms with van der Waals surface area (Å²) >= 11 is 0. The van der Waals surface area contributed by atoms with Gasteiger partial charge >= 0.3 is 0 Å². The van der Waals surface area contributed by atoms with E-state index in [1.54, 1.807) is 6.07 Å². The van der Waals surface area contributed by atoms with Gasteiger partial charge in [-0.3, -0.25) is 0 Å². The fraction of sp³-hybridized carbons (Fsp3) is 0.286. The number of halogens is 1. The molecule has 0 bridgehead atoms. The molecule has 0 aromatic heterocycles. The minimum Gasteiger partial charge on any atom is -0.507 e. The first kappa shape index (κ1) is 19.9. The Hall–Kier alpha value is -3.07. The summed E-state index contributed by atoms with van der Waals surface area (Å²) in [6.45, 7) is 2.23. The van der Waals surface area contributed by atoms with Crippen molar-refractivity contribution < 1.29 is 14.2 Å². The Balaban J connectivity index is 1.66. The highest BCUT2D eigenvalue weighted by Crippen LogP contribution is 2.46. The van der Waals surface area contributed by atoms with Gasteiger partial charge in [-0.2, -0.15) is 0 Å². The largest absolute Gasteiger partial charge is 0.507 e. The quantitative estimate of drug-likeness (QED) is 0.368. The summed E-state index contributed by atoms with van der Waals surface area (Å²) in [4.78, 5) is 0. The molecule has 5 rings (SSSR count). The van der Waals surface area contributed by atoms with E-state index >= 15 is 4.39 Å². The lowest BCUT2D eigenvalue weighted by molar-refractivity contribution is -0.00682. The van der Waals surface area contributed by atoms with Gasteiger partial charge < -0.3 is 9.84 Å². The Morgan fingerprint density at radius 2 is 1.35 bits per heavy atom. The van der Waals surface area contributed by atoms with Crippen LogP contribution < -0.4 is 4.74 Å². The number of fused-ring (bicyclic) bond motifs is 2. The standard InChI is InChI=1S/C28H27FO2/c1-18-10-12-21(13-11-18)28(29)31-25-17-15-20-7-3-5-9-23(20)27(25)26-22-8-4-2-6-19(22)14-16-24(26)30/h2-9,14-18,21,28,30H,10-13H2,1H3. The van der Waals surface area contributed by atoms with Gasteiger partial charge in [0.15, 0.2) is 0 Å². The van der Waals surface area contributed by atoms with Crippen molar-refractivity contribution in [2.24, 2.45) is 11.8 Å². The van der Waals surface area contributed by atoms with Crippen molar-refractivity contribution >= 4 is 21.5 Å². The van der Waals surface area contributed by atoms with Gasteiger partial charge in [-0.1, -0.05) is 80.4 Å². The van der Waals surface area contributed by atoms with E-state index in [0.717, 1.165) is 52.8 Å². The monoisotopic (exact) mass is 414 g/mol. The number of aromatic hydroxyl groups is 1. The normalized spacial score (nSPS) is 20.1. The van der Waals surface area contributed by atoms with Crippen LogP contribution in [0.4, 0.5) is 4.39 Å². The summed E-state index contributed by atoms with van der Waals surface area (Å²) in [5.74, 6) is 1.22. The molecule has 0 aliphatic heterocycles. The molecule has 0 radical (unpaired) electrons. The van der Waals surface area contributed by atoms with Crippen LogP contribution in [0.2, 0.25) is 0 Å². The molecule has 1 aliphatic carbocycles. The molecule has 0 spiro atoms. The van der Waals surface area contributed by atoms with Crippen molar-refractivity contribution in [1.29, 1.82) is 0 Å². The molecule has 1 saturated carbocycles. The first-order chi connectivity index (χ1) is 15.1. The third-order valence-electron chi connectivity index (χ3n) is 6.72. The fourth-order valence-corrected chi connectivity index (χ4v) is 4.90. The van der Waals surface area contributed by atoms with E-state index in [1.807, 2.05) is 66.7 Å². The van der Waals surface area contributed by atoms with E-state index in [1.165, 1.54) is 0 Å². The number of phenolic OH excluding ortho intramolecular Hbond substituents is 1. The number of ether oxygens (including phenoxy) is 1. The second kappa shape index (κ2) is 8.22. The minimum absolute atomic E-state index is 0.0864. The molecular formula is C28H27FO2. The topological polar surface area (TPSA) is 29.5 Å². The Bertz CT molecular complexity index is 1220. The molecule has 0 amide bonds. The van der Waals surface area contributed by atoms with Crippen molar-refractivity contribution in [2.45, 2.75) is 39.0 Å². The fourth-order valence-electron chi connectivity index (χ4n) is 4.90. The summed E-state index contributed by atoms with van der Waals surface area (Å²) in [6, 6.07) is 23.3. The van der Waals surface area contributed by atoms with Crippen LogP contribution in [0.15, 0.2) is 72.8 Å². The number of rotatable bonds is 4. The highest BCUT2D eigenvalue weighted by atomic mass is 19.1. The summed E-state index contributed by atoms with van der Waals surface area (Å²) in [6.07, 6.45) is 2.44. The summed E-state index contributed by atoms with van der Waals surface area (Å²) < 4.78 is 21.3. The van der Waals surface area contributed by atoms with Gasteiger partial charge in [0.05, 0.1) is 0 Å². The van der Waals surface area contributed by atoms with Crippen LogP contribution in [-0.4, -0.2) is 11.5 Å². The first-order valence-corrected chi connectivity index (χ1v) is 11.2. The highest BCUT2D eigenvalue weighted by Gasteiger charge is 2.29. The third kappa shape index (κ3) is 3.74. The van der Waals surface area contributed by atoms with Crippen LogP contribution in [0.25, 0.3) is 32.7 Å². The molecule has 0 saturated heterocycles. The SMILES string of the molecule is CC1CCC(C(F)Oc2ccc3ccccc3c2-c2c(O)ccc3ccccc23)CC1. The second-order valence-corrected chi connectivity index (χ2v) is 8.83. The van der Waals surface area contributed by atoms with Crippen molar-refractivity contribution in [1.82, 2.24) is 0 Å². The molecule has 4 aromatic carbocycles. The maximum Gasteiger partial charge on any atom is 0.241 e. The molecule has 3 heteroatoms. The zero-order valence-electron chi connectivity index (χ0n) is 17.7. The predicted octanol–water partition coefficient (Wildman–Crippen LogP) is 7.87. The molecule has 1 unspecified atom stereocenters. The average Bonchev–Trinajstić information content (AvgIpc) is 2.80. The van der Waals surface area contributed by atoms with E-state index in [9.17, 15) is 5.11 Å². The van der Waals surface area contributed by atoms with Gasteiger partial charge in [0.2, 0.25) is 6.36 Å². The molecule has 1 atom stereocenters. The van der Waals surface area contributed by atoms with Crippen LogP contribution >= 0.6 is 0 Å². The Morgan fingerprint density at radius 3 is 2.03 bits per heavy atom. The highest BCUT2D eigenvalue weighted by molar-refractivity contribution is 6.09. The van der Waals surface area contributed by atoms with Gasteiger partial charge in [-0.15, -0.1) is 0 Å². The van der Waals surface area contributed by atoms with Gasteiger partial charge in [-0.25, -0.2) is 4.39 Å². The molecule has 1 N–H and O–H groups in total. The molecule has 1 aliphatic rings. The Kier molecular flexibility index (Phi) is 5.27. The maximum atomic E-state index is 15.3. The zero-order valence-corrected chi connectivity index (χ0v) is 17.7. The molecular weight excluding hydrogens is 387 g/mol. The van der Waals surface area contributed by atoms with E-state index in [-0.39, 0.29) is 11.7 Å². The number of benzene rings is 4. The van der Waals surface area contributed by atoms with Crippen molar-refractivity contribution in [2.75, 3.05) is 0 Å². The minimum atomic E-state index is -1.36. The first-order valence-electron chi connectivity index (χ1n) is 11.2. The van der Waals surface area contributed by atoms with Crippen molar-refractivity contribution in [3.05, 3.63) is 72.8 Å². The summed E-state index contributed by atoms with van der Waals surface area (Å²) in [5.41, 5.74) is 1.44. The van der Waals surface area contributed by atoms with E-state index in [0.29, 0.717) is 17.2 Å². The average molecular weight is 415 g/mol. The lowest BCUT2D eigenvalue weighted by Crippen LogP contribution is -2.26. The van der Waals surface area contributed by atoms with E-state index in [2.05, 4.69) is 6.92 Å². The molecule has 1 fully saturated rings. The van der Waals surface area contributed by atoms with Gasteiger partial charge in [0.1, 0.15) is 11.5 Å². The van der Waals surface area contributed by atoms with Crippen molar-refractivity contribution in [3.8, 4) is 22.6 Å². The lowest BCUT2D eigenvalue weighted by atomic mass is 9.83. The Labute approximate surface area is 182 Å². The number of alkyl halides is 1. The molecule has 4 aromatic rings. The summed E-state index contributed by atoms with van der Waals surface area (Å²) in [5, 5.41) is 14.8. The molecule has 0 heterocycles.